The van der Waals surface area contributed by atoms with E-state index in [2.05, 4.69) is 28.3 Å². The number of fused-ring (bicyclic) bond motifs is 3. The van der Waals surface area contributed by atoms with E-state index in [1.807, 2.05) is 0 Å². The first kappa shape index (κ1) is 12.3. The number of hydrogen-bond donors (Lipinski definition) is 2. The number of ether oxygens (including phenoxy) is 1. The molecular weight excluding hydrogens is 272 g/mol. The molecule has 2 saturated heterocycles. The van der Waals surface area contributed by atoms with Crippen molar-refractivity contribution >= 4 is 33.3 Å². The molecule has 0 spiro atoms. The van der Waals surface area contributed by atoms with Crippen molar-refractivity contribution in [2.45, 2.75) is 50.9 Å². The fraction of sp³-hybridized carbons (Fsp3) is 0.571. The highest BCUT2D eigenvalue weighted by Crippen LogP contribution is 2.37. The lowest BCUT2D eigenvalue weighted by atomic mass is 9.95. The predicted octanol–water partition coefficient (Wildman–Crippen LogP) is 2.57. The summed E-state index contributed by atoms with van der Waals surface area (Å²) in [6.07, 6.45) is 5.19. The van der Waals surface area contributed by atoms with Crippen LogP contribution in [0.25, 0.3) is 10.2 Å². The number of anilines is 2. The van der Waals surface area contributed by atoms with Crippen LogP contribution in [0.5, 0.6) is 0 Å². The van der Waals surface area contributed by atoms with Crippen LogP contribution in [0.2, 0.25) is 0 Å². The Morgan fingerprint density at radius 3 is 3.05 bits per heavy atom. The maximum atomic E-state index is 5.89. The third-order valence-corrected chi connectivity index (χ3v) is 5.41. The summed E-state index contributed by atoms with van der Waals surface area (Å²) in [6, 6.07) is 2.53. The summed E-state index contributed by atoms with van der Waals surface area (Å²) in [7, 11) is 0. The quantitative estimate of drug-likeness (QED) is 0.909. The van der Waals surface area contributed by atoms with Gasteiger partial charge in [-0.3, -0.25) is 0 Å². The Labute approximate surface area is 121 Å². The molecule has 0 radical (unpaired) electrons. The molecular formula is C14H18N4OS. The van der Waals surface area contributed by atoms with Crippen LogP contribution in [0.1, 0.15) is 31.1 Å². The lowest BCUT2D eigenvalue weighted by Crippen LogP contribution is -2.31. The fourth-order valence-corrected chi connectivity index (χ4v) is 4.21. The van der Waals surface area contributed by atoms with Gasteiger partial charge in [0.15, 0.2) is 0 Å². The Hall–Kier alpha value is -1.40. The average molecular weight is 290 g/mol. The molecule has 2 aliphatic heterocycles. The van der Waals surface area contributed by atoms with Gasteiger partial charge in [-0.1, -0.05) is 6.92 Å². The summed E-state index contributed by atoms with van der Waals surface area (Å²) in [5.41, 5.74) is 5.84. The zero-order valence-electron chi connectivity index (χ0n) is 11.4. The standard InChI is InChI=1S/C14H18N4OS/c1-2-8-6-9-12(17-14(15)18-13(9)20-8)16-10-5-7-3-4-11(10)19-7/h6-7,10-11H,2-5H2,1H3,(H3,15,16,17,18). The minimum atomic E-state index is 0.329. The van der Waals surface area contributed by atoms with Crippen LogP contribution >= 0.6 is 11.3 Å². The SMILES string of the molecule is CCc1cc2c(NC3CC4CCC3O4)nc(N)nc2s1. The van der Waals surface area contributed by atoms with E-state index in [0.29, 0.717) is 24.2 Å². The van der Waals surface area contributed by atoms with Gasteiger partial charge in [-0.15, -0.1) is 11.3 Å². The van der Waals surface area contributed by atoms with E-state index in [0.717, 1.165) is 35.3 Å². The Morgan fingerprint density at radius 2 is 2.35 bits per heavy atom. The molecule has 0 aromatic carbocycles. The van der Waals surface area contributed by atoms with Gasteiger partial charge in [-0.2, -0.15) is 4.98 Å². The number of rotatable bonds is 3. The molecule has 3 N–H and O–H groups in total. The Balaban J connectivity index is 1.69. The lowest BCUT2D eigenvalue weighted by molar-refractivity contribution is 0.102. The van der Waals surface area contributed by atoms with Gasteiger partial charge in [-0.25, -0.2) is 4.98 Å². The minimum absolute atomic E-state index is 0.329. The van der Waals surface area contributed by atoms with E-state index >= 15 is 0 Å². The van der Waals surface area contributed by atoms with E-state index in [9.17, 15) is 0 Å². The average Bonchev–Trinajstić information content (AvgIpc) is 3.11. The Kier molecular flexibility index (Phi) is 2.82. The molecule has 0 amide bonds. The van der Waals surface area contributed by atoms with Crippen LogP contribution in [-0.2, 0) is 11.2 Å². The summed E-state index contributed by atoms with van der Waals surface area (Å²) in [5, 5.41) is 4.63. The second-order valence-corrected chi connectivity index (χ2v) is 6.69. The molecule has 2 fully saturated rings. The molecule has 3 atom stereocenters. The molecule has 0 saturated carbocycles. The van der Waals surface area contributed by atoms with Crippen molar-refractivity contribution in [2.24, 2.45) is 0 Å². The van der Waals surface area contributed by atoms with Gasteiger partial charge in [0.05, 0.1) is 23.6 Å². The third kappa shape index (κ3) is 1.94. The summed E-state index contributed by atoms with van der Waals surface area (Å²) in [6.45, 7) is 2.15. The monoisotopic (exact) mass is 290 g/mol. The van der Waals surface area contributed by atoms with E-state index in [1.54, 1.807) is 11.3 Å². The van der Waals surface area contributed by atoms with Crippen molar-refractivity contribution in [3.8, 4) is 0 Å². The molecule has 4 heterocycles. The van der Waals surface area contributed by atoms with Gasteiger partial charge < -0.3 is 15.8 Å². The second kappa shape index (κ2) is 4.56. The Bertz CT molecular complexity index is 656. The third-order valence-electron chi connectivity index (χ3n) is 4.24. The fourth-order valence-electron chi connectivity index (χ4n) is 3.24. The molecule has 3 unspecified atom stereocenters. The predicted molar refractivity (Wildman–Crippen MR) is 81.1 cm³/mol. The zero-order chi connectivity index (χ0) is 13.7. The van der Waals surface area contributed by atoms with E-state index in [1.165, 1.54) is 11.3 Å². The van der Waals surface area contributed by atoms with Gasteiger partial charge in [0.1, 0.15) is 10.6 Å². The van der Waals surface area contributed by atoms with Crippen molar-refractivity contribution in [3.63, 3.8) is 0 Å². The summed E-state index contributed by atoms with van der Waals surface area (Å²) in [5.74, 6) is 1.21. The smallest absolute Gasteiger partial charge is 0.223 e. The van der Waals surface area contributed by atoms with Crippen LogP contribution in [0, 0.1) is 0 Å². The van der Waals surface area contributed by atoms with Crippen molar-refractivity contribution in [1.82, 2.24) is 9.97 Å². The first-order valence-electron chi connectivity index (χ1n) is 7.21. The molecule has 0 aliphatic carbocycles. The van der Waals surface area contributed by atoms with Gasteiger partial charge >= 0.3 is 0 Å². The molecule has 2 aromatic rings. The first-order valence-corrected chi connectivity index (χ1v) is 8.02. The highest BCUT2D eigenvalue weighted by atomic mass is 32.1. The summed E-state index contributed by atoms with van der Waals surface area (Å²) >= 11 is 1.70. The topological polar surface area (TPSA) is 73.1 Å². The van der Waals surface area contributed by atoms with Crippen molar-refractivity contribution in [1.29, 1.82) is 0 Å². The lowest BCUT2D eigenvalue weighted by Gasteiger charge is -2.21. The van der Waals surface area contributed by atoms with Gasteiger partial charge in [0.2, 0.25) is 5.95 Å². The molecule has 6 heteroatoms. The van der Waals surface area contributed by atoms with Crippen LogP contribution in [0.15, 0.2) is 6.07 Å². The van der Waals surface area contributed by atoms with Crippen molar-refractivity contribution in [2.75, 3.05) is 11.1 Å². The highest BCUT2D eigenvalue weighted by Gasteiger charge is 2.41. The number of nitrogen functional groups attached to an aromatic ring is 1. The molecule has 5 nitrogen and oxygen atoms in total. The molecule has 2 aromatic heterocycles. The first-order chi connectivity index (χ1) is 9.72. The number of aryl methyl sites for hydroxylation is 1. The number of aromatic nitrogens is 2. The van der Waals surface area contributed by atoms with Gasteiger partial charge in [0.25, 0.3) is 0 Å². The number of thiophene rings is 1. The Morgan fingerprint density at radius 1 is 1.45 bits per heavy atom. The van der Waals surface area contributed by atoms with E-state index < -0.39 is 0 Å². The maximum Gasteiger partial charge on any atom is 0.223 e. The number of nitrogens with one attached hydrogen (secondary N) is 1. The van der Waals surface area contributed by atoms with Crippen molar-refractivity contribution < 1.29 is 4.74 Å². The van der Waals surface area contributed by atoms with Gasteiger partial charge in [0, 0.05) is 4.88 Å². The molecule has 2 bridgehead atoms. The number of hydrogen-bond acceptors (Lipinski definition) is 6. The van der Waals surface area contributed by atoms with Crippen LogP contribution < -0.4 is 11.1 Å². The summed E-state index contributed by atoms with van der Waals surface area (Å²) in [4.78, 5) is 11.0. The zero-order valence-corrected chi connectivity index (χ0v) is 12.2. The maximum absolute atomic E-state index is 5.89. The largest absolute Gasteiger partial charge is 0.373 e. The number of nitrogens with two attached hydrogens (primary N) is 1. The van der Waals surface area contributed by atoms with Crippen LogP contribution in [0.3, 0.4) is 0 Å². The molecule has 4 rings (SSSR count). The molecule has 106 valence electrons. The second-order valence-electron chi connectivity index (χ2n) is 5.58. The normalized spacial score (nSPS) is 28.4. The molecule has 2 aliphatic rings. The van der Waals surface area contributed by atoms with E-state index in [4.69, 9.17) is 10.5 Å². The minimum Gasteiger partial charge on any atom is -0.373 e. The van der Waals surface area contributed by atoms with Crippen LogP contribution in [0.4, 0.5) is 11.8 Å². The highest BCUT2D eigenvalue weighted by molar-refractivity contribution is 7.18. The summed E-state index contributed by atoms with van der Waals surface area (Å²) < 4.78 is 5.89. The van der Waals surface area contributed by atoms with Crippen molar-refractivity contribution in [3.05, 3.63) is 10.9 Å². The van der Waals surface area contributed by atoms with Crippen LogP contribution in [-0.4, -0.2) is 28.2 Å². The van der Waals surface area contributed by atoms with E-state index in [-0.39, 0.29) is 0 Å². The van der Waals surface area contributed by atoms with Gasteiger partial charge in [-0.05, 0) is 31.7 Å². The number of nitrogens with zero attached hydrogens (tertiary/aromatic N) is 2. The molecule has 20 heavy (non-hydrogen) atoms.